The lowest BCUT2D eigenvalue weighted by atomic mass is 10.0. The molecule has 0 unspecified atom stereocenters. The van der Waals surface area contributed by atoms with Crippen LogP contribution in [0.4, 0.5) is 0 Å². The molecule has 2 atom stereocenters. The monoisotopic (exact) mass is 219 g/mol. The summed E-state index contributed by atoms with van der Waals surface area (Å²) in [5, 5.41) is 3.63. The van der Waals surface area contributed by atoms with Crippen molar-refractivity contribution in [3.8, 4) is 0 Å². The van der Waals surface area contributed by atoms with Gasteiger partial charge in [-0.3, -0.25) is 0 Å². The maximum Gasteiger partial charge on any atom is 0.0828 e. The first kappa shape index (κ1) is 11.6. The smallest absolute Gasteiger partial charge is 0.0828 e. The van der Waals surface area contributed by atoms with Crippen LogP contribution in [0.3, 0.4) is 0 Å². The van der Waals surface area contributed by atoms with Crippen LogP contribution >= 0.6 is 0 Å². The third kappa shape index (κ3) is 3.62. The van der Waals surface area contributed by atoms with Crippen LogP contribution in [0.1, 0.15) is 37.8 Å². The fourth-order valence-corrected chi connectivity index (χ4v) is 1.94. The molecule has 1 heterocycles. The van der Waals surface area contributed by atoms with Crippen molar-refractivity contribution in [2.24, 2.45) is 0 Å². The molecule has 1 aliphatic heterocycles. The largest absolute Gasteiger partial charge is 0.373 e. The normalized spacial score (nSPS) is 20.7. The second-order valence-electron chi connectivity index (χ2n) is 4.46. The quantitative estimate of drug-likeness (QED) is 0.563. The Morgan fingerprint density at radius 3 is 2.75 bits per heavy atom. The van der Waals surface area contributed by atoms with E-state index >= 15 is 0 Å². The fraction of sp³-hybridized carbons (Fsp3) is 0.571. The summed E-state index contributed by atoms with van der Waals surface area (Å²) in [5.41, 5.74) is 1.38. The van der Waals surface area contributed by atoms with Crippen molar-refractivity contribution in [1.82, 2.24) is 5.32 Å². The van der Waals surface area contributed by atoms with Gasteiger partial charge < -0.3 is 10.1 Å². The number of hydrogen-bond donors (Lipinski definition) is 1. The molecular weight excluding hydrogens is 198 g/mol. The van der Waals surface area contributed by atoms with Gasteiger partial charge in [-0.25, -0.2) is 0 Å². The molecule has 1 aromatic carbocycles. The molecule has 0 saturated carbocycles. The van der Waals surface area contributed by atoms with Crippen molar-refractivity contribution < 1.29 is 4.74 Å². The van der Waals surface area contributed by atoms with Crippen LogP contribution in [0, 0.1) is 0 Å². The molecule has 2 rings (SSSR count). The van der Waals surface area contributed by atoms with Crippen LogP contribution in [-0.4, -0.2) is 19.3 Å². The van der Waals surface area contributed by atoms with E-state index in [4.69, 9.17) is 4.74 Å². The van der Waals surface area contributed by atoms with E-state index in [1.54, 1.807) is 0 Å². The van der Waals surface area contributed by atoms with Gasteiger partial charge in [-0.1, -0.05) is 43.7 Å². The average Bonchev–Trinajstić information content (AvgIpc) is 3.13. The van der Waals surface area contributed by atoms with Gasteiger partial charge in [-0.2, -0.15) is 0 Å². The first-order chi connectivity index (χ1) is 7.90. The number of epoxide rings is 1. The molecule has 1 N–H and O–H groups in total. The second kappa shape index (κ2) is 6.02. The molecule has 0 radical (unpaired) electrons. The van der Waals surface area contributed by atoms with Crippen molar-refractivity contribution >= 4 is 0 Å². The van der Waals surface area contributed by atoms with Gasteiger partial charge in [-0.05, 0) is 24.9 Å². The Labute approximate surface area is 98.0 Å². The first-order valence-electron chi connectivity index (χ1n) is 6.30. The Kier molecular flexibility index (Phi) is 4.37. The summed E-state index contributed by atoms with van der Waals surface area (Å²) in [6, 6.07) is 11.1. The standard InChI is InChI=1S/C14H21NO/c1-2-3-9-15-14(10-13-11-16-13)12-7-5-4-6-8-12/h4-8,13-15H,2-3,9-11H2,1H3/t13-,14+/m0/s1. The predicted octanol–water partition coefficient (Wildman–Crippen LogP) is 2.91. The summed E-state index contributed by atoms with van der Waals surface area (Å²) in [6.07, 6.45) is 4.08. The van der Waals surface area contributed by atoms with Crippen molar-refractivity contribution in [2.45, 2.75) is 38.3 Å². The highest BCUT2D eigenvalue weighted by Crippen LogP contribution is 2.25. The van der Waals surface area contributed by atoms with Crippen LogP contribution in [0.25, 0.3) is 0 Å². The molecule has 1 saturated heterocycles. The Bertz CT molecular complexity index is 295. The van der Waals surface area contributed by atoms with E-state index in [0.29, 0.717) is 12.1 Å². The van der Waals surface area contributed by atoms with Gasteiger partial charge in [0.05, 0.1) is 12.7 Å². The Balaban J connectivity index is 1.90. The summed E-state index contributed by atoms with van der Waals surface area (Å²) in [6.45, 7) is 4.27. The summed E-state index contributed by atoms with van der Waals surface area (Å²) in [5.74, 6) is 0. The molecule has 1 aromatic rings. The summed E-state index contributed by atoms with van der Waals surface area (Å²) in [4.78, 5) is 0. The van der Waals surface area contributed by atoms with Gasteiger partial charge in [0.25, 0.3) is 0 Å². The van der Waals surface area contributed by atoms with Gasteiger partial charge in [0.15, 0.2) is 0 Å². The zero-order chi connectivity index (χ0) is 11.2. The number of hydrogen-bond acceptors (Lipinski definition) is 2. The van der Waals surface area contributed by atoms with Crippen molar-refractivity contribution in [3.63, 3.8) is 0 Å². The molecule has 0 amide bonds. The van der Waals surface area contributed by atoms with E-state index in [9.17, 15) is 0 Å². The van der Waals surface area contributed by atoms with E-state index in [-0.39, 0.29) is 0 Å². The number of nitrogens with one attached hydrogen (secondary N) is 1. The molecule has 0 aliphatic carbocycles. The summed E-state index contributed by atoms with van der Waals surface area (Å²) >= 11 is 0. The molecular formula is C14H21NO. The fourth-order valence-electron chi connectivity index (χ4n) is 1.94. The minimum atomic E-state index is 0.459. The highest BCUT2D eigenvalue weighted by atomic mass is 16.6. The number of unbranched alkanes of at least 4 members (excludes halogenated alkanes) is 1. The Morgan fingerprint density at radius 1 is 1.38 bits per heavy atom. The maximum absolute atomic E-state index is 5.33. The third-order valence-electron chi connectivity index (χ3n) is 3.02. The van der Waals surface area contributed by atoms with Gasteiger partial charge in [-0.15, -0.1) is 0 Å². The van der Waals surface area contributed by atoms with E-state index in [1.807, 2.05) is 0 Å². The van der Waals surface area contributed by atoms with Crippen LogP contribution < -0.4 is 5.32 Å². The number of benzene rings is 1. The Hall–Kier alpha value is -0.860. The number of rotatable bonds is 7. The highest BCUT2D eigenvalue weighted by molar-refractivity contribution is 5.19. The van der Waals surface area contributed by atoms with Crippen LogP contribution in [0.15, 0.2) is 30.3 Å². The first-order valence-corrected chi connectivity index (χ1v) is 6.30. The summed E-state index contributed by atoms with van der Waals surface area (Å²) < 4.78 is 5.33. The van der Waals surface area contributed by atoms with E-state index < -0.39 is 0 Å². The molecule has 0 spiro atoms. The van der Waals surface area contributed by atoms with Gasteiger partial charge >= 0.3 is 0 Å². The third-order valence-corrected chi connectivity index (χ3v) is 3.02. The molecule has 1 fully saturated rings. The molecule has 2 heteroatoms. The minimum Gasteiger partial charge on any atom is -0.373 e. The van der Waals surface area contributed by atoms with Crippen molar-refractivity contribution in [2.75, 3.05) is 13.2 Å². The van der Waals surface area contributed by atoms with Crippen molar-refractivity contribution in [3.05, 3.63) is 35.9 Å². The van der Waals surface area contributed by atoms with Gasteiger partial charge in [0.2, 0.25) is 0 Å². The maximum atomic E-state index is 5.33. The SMILES string of the molecule is CCCCN[C@H](C[C@H]1CO1)c1ccccc1. The van der Waals surface area contributed by atoms with E-state index in [1.165, 1.54) is 18.4 Å². The van der Waals surface area contributed by atoms with Gasteiger partial charge in [0, 0.05) is 6.04 Å². The topological polar surface area (TPSA) is 24.6 Å². The molecule has 2 nitrogen and oxygen atoms in total. The predicted molar refractivity (Wildman–Crippen MR) is 66.5 cm³/mol. The number of ether oxygens (including phenoxy) is 1. The second-order valence-corrected chi connectivity index (χ2v) is 4.46. The molecule has 0 bridgehead atoms. The Morgan fingerprint density at radius 2 is 2.12 bits per heavy atom. The average molecular weight is 219 g/mol. The van der Waals surface area contributed by atoms with Crippen LogP contribution in [0.5, 0.6) is 0 Å². The highest BCUT2D eigenvalue weighted by Gasteiger charge is 2.26. The lowest BCUT2D eigenvalue weighted by Gasteiger charge is -2.18. The van der Waals surface area contributed by atoms with Crippen LogP contribution in [0.2, 0.25) is 0 Å². The van der Waals surface area contributed by atoms with E-state index in [0.717, 1.165) is 19.6 Å². The zero-order valence-corrected chi connectivity index (χ0v) is 9.99. The minimum absolute atomic E-state index is 0.459. The van der Waals surface area contributed by atoms with Gasteiger partial charge in [0.1, 0.15) is 0 Å². The molecule has 0 aromatic heterocycles. The lowest BCUT2D eigenvalue weighted by Crippen LogP contribution is -2.23. The lowest BCUT2D eigenvalue weighted by molar-refractivity contribution is 0.361. The van der Waals surface area contributed by atoms with E-state index in [2.05, 4.69) is 42.6 Å². The van der Waals surface area contributed by atoms with Crippen molar-refractivity contribution in [1.29, 1.82) is 0 Å². The molecule has 88 valence electrons. The zero-order valence-electron chi connectivity index (χ0n) is 9.99. The molecule has 16 heavy (non-hydrogen) atoms. The van der Waals surface area contributed by atoms with Crippen LogP contribution in [-0.2, 0) is 4.74 Å². The molecule has 1 aliphatic rings. The summed E-state index contributed by atoms with van der Waals surface area (Å²) in [7, 11) is 0.